The average molecular weight is 256 g/mol. The average Bonchev–Trinajstić information content (AvgIpc) is 2.27. The van der Waals surface area contributed by atoms with E-state index in [0.717, 1.165) is 25.1 Å². The van der Waals surface area contributed by atoms with Crippen LogP contribution in [0.1, 0.15) is 17.3 Å². The number of carbonyl (C=O) groups excluding carboxylic acids is 1. The largest absolute Gasteiger partial charge is 0.480 e. The van der Waals surface area contributed by atoms with Crippen LogP contribution in [0.15, 0.2) is 18.2 Å². The molecule has 0 saturated carbocycles. The summed E-state index contributed by atoms with van der Waals surface area (Å²) in [5, 5.41) is 21.2. The number of nitrogens with zero attached hydrogens (tertiary/aromatic N) is 1. The Labute approximate surface area is 100 Å². The summed E-state index contributed by atoms with van der Waals surface area (Å²) in [5.74, 6) is -3.56. The Morgan fingerprint density at radius 2 is 2.11 bits per heavy atom. The number of aliphatic carboxylic acids is 1. The fourth-order valence-electron chi connectivity index (χ4n) is 1.22. The number of nitro groups is 1. The van der Waals surface area contributed by atoms with E-state index >= 15 is 0 Å². The zero-order valence-electron chi connectivity index (χ0n) is 9.21. The molecule has 1 rings (SSSR count). The van der Waals surface area contributed by atoms with Crippen molar-refractivity contribution in [3.63, 3.8) is 0 Å². The van der Waals surface area contributed by atoms with Gasteiger partial charge in [-0.2, -0.15) is 0 Å². The summed E-state index contributed by atoms with van der Waals surface area (Å²) in [6.45, 7) is 1.16. The van der Waals surface area contributed by atoms with Crippen molar-refractivity contribution in [2.45, 2.75) is 13.0 Å². The molecule has 0 aliphatic rings. The second-order valence-corrected chi connectivity index (χ2v) is 3.42. The van der Waals surface area contributed by atoms with Gasteiger partial charge in [0.2, 0.25) is 0 Å². The molecule has 0 aliphatic carbocycles. The molecule has 1 aromatic carbocycles. The first-order valence-electron chi connectivity index (χ1n) is 4.81. The van der Waals surface area contributed by atoms with Crippen molar-refractivity contribution >= 4 is 17.6 Å². The Morgan fingerprint density at radius 3 is 2.61 bits per heavy atom. The van der Waals surface area contributed by atoms with Crippen LogP contribution in [-0.2, 0) is 4.79 Å². The van der Waals surface area contributed by atoms with E-state index < -0.39 is 39.9 Å². The third kappa shape index (κ3) is 2.78. The van der Waals surface area contributed by atoms with Crippen molar-refractivity contribution in [1.82, 2.24) is 5.32 Å². The summed E-state index contributed by atoms with van der Waals surface area (Å²) in [7, 11) is 0. The SMILES string of the molecule is CC(NC(=O)c1c(F)cccc1[N+](=O)[O-])C(=O)O. The van der Waals surface area contributed by atoms with Gasteiger partial charge in [-0.05, 0) is 13.0 Å². The molecular weight excluding hydrogens is 247 g/mol. The highest BCUT2D eigenvalue weighted by Crippen LogP contribution is 2.21. The van der Waals surface area contributed by atoms with Crippen molar-refractivity contribution in [3.05, 3.63) is 39.7 Å². The number of amides is 1. The van der Waals surface area contributed by atoms with Gasteiger partial charge in [0, 0.05) is 6.07 Å². The molecular formula is C10H9FN2O5. The minimum atomic E-state index is -1.33. The molecule has 18 heavy (non-hydrogen) atoms. The number of nitrogens with one attached hydrogen (secondary N) is 1. The van der Waals surface area contributed by atoms with Gasteiger partial charge in [0.15, 0.2) is 5.56 Å². The molecule has 0 aliphatic heterocycles. The first-order valence-corrected chi connectivity index (χ1v) is 4.81. The topological polar surface area (TPSA) is 110 Å². The van der Waals surface area contributed by atoms with E-state index in [2.05, 4.69) is 0 Å². The monoisotopic (exact) mass is 256 g/mol. The molecule has 96 valence electrons. The van der Waals surface area contributed by atoms with Gasteiger partial charge in [-0.15, -0.1) is 0 Å². The Bertz CT molecular complexity index is 517. The fourth-order valence-corrected chi connectivity index (χ4v) is 1.22. The van der Waals surface area contributed by atoms with Crippen LogP contribution in [0.5, 0.6) is 0 Å². The predicted octanol–water partition coefficient (Wildman–Crippen LogP) is 0.937. The molecule has 0 spiro atoms. The Kier molecular flexibility index (Phi) is 3.93. The van der Waals surface area contributed by atoms with E-state index in [1.165, 1.54) is 0 Å². The maximum Gasteiger partial charge on any atom is 0.325 e. The molecule has 0 bridgehead atoms. The van der Waals surface area contributed by atoms with Crippen molar-refractivity contribution in [1.29, 1.82) is 0 Å². The van der Waals surface area contributed by atoms with Crippen LogP contribution in [0.4, 0.5) is 10.1 Å². The van der Waals surface area contributed by atoms with E-state index in [9.17, 15) is 24.1 Å². The highest BCUT2D eigenvalue weighted by molar-refractivity contribution is 6.00. The van der Waals surface area contributed by atoms with Crippen LogP contribution >= 0.6 is 0 Å². The van der Waals surface area contributed by atoms with Crippen molar-refractivity contribution in [2.24, 2.45) is 0 Å². The lowest BCUT2D eigenvalue weighted by Crippen LogP contribution is -2.38. The molecule has 8 heteroatoms. The number of hydrogen-bond donors (Lipinski definition) is 2. The van der Waals surface area contributed by atoms with Crippen LogP contribution < -0.4 is 5.32 Å². The highest BCUT2D eigenvalue weighted by Gasteiger charge is 2.26. The van der Waals surface area contributed by atoms with Gasteiger partial charge in [0.25, 0.3) is 11.6 Å². The summed E-state index contributed by atoms with van der Waals surface area (Å²) in [6, 6.07) is 1.65. The van der Waals surface area contributed by atoms with Gasteiger partial charge in [-0.25, -0.2) is 4.39 Å². The molecule has 2 N–H and O–H groups in total. The summed E-state index contributed by atoms with van der Waals surface area (Å²) in [5.41, 5.74) is -1.50. The zero-order chi connectivity index (χ0) is 13.9. The molecule has 0 aromatic heterocycles. The normalized spacial score (nSPS) is 11.7. The zero-order valence-corrected chi connectivity index (χ0v) is 9.21. The predicted molar refractivity (Wildman–Crippen MR) is 57.6 cm³/mol. The Balaban J connectivity index is 3.12. The molecule has 1 aromatic rings. The first kappa shape index (κ1) is 13.6. The third-order valence-electron chi connectivity index (χ3n) is 2.13. The molecule has 0 saturated heterocycles. The van der Waals surface area contributed by atoms with Crippen molar-refractivity contribution in [3.8, 4) is 0 Å². The van der Waals surface area contributed by atoms with Gasteiger partial charge in [-0.1, -0.05) is 6.07 Å². The van der Waals surface area contributed by atoms with Gasteiger partial charge in [0.05, 0.1) is 4.92 Å². The fraction of sp³-hybridized carbons (Fsp3) is 0.200. The van der Waals surface area contributed by atoms with E-state index in [-0.39, 0.29) is 0 Å². The maximum absolute atomic E-state index is 13.4. The molecule has 1 unspecified atom stereocenters. The summed E-state index contributed by atoms with van der Waals surface area (Å²) >= 11 is 0. The number of benzene rings is 1. The van der Waals surface area contributed by atoms with E-state index in [4.69, 9.17) is 5.11 Å². The molecule has 0 heterocycles. The number of carbonyl (C=O) groups is 2. The van der Waals surface area contributed by atoms with Gasteiger partial charge >= 0.3 is 5.97 Å². The second kappa shape index (κ2) is 5.21. The number of carboxylic acid groups (broad SMARTS) is 1. The molecule has 7 nitrogen and oxygen atoms in total. The smallest absolute Gasteiger partial charge is 0.325 e. The second-order valence-electron chi connectivity index (χ2n) is 3.42. The minimum Gasteiger partial charge on any atom is -0.480 e. The van der Waals surface area contributed by atoms with Crippen LogP contribution in [-0.4, -0.2) is 27.9 Å². The lowest BCUT2D eigenvalue weighted by atomic mass is 10.1. The summed E-state index contributed by atoms with van der Waals surface area (Å²) < 4.78 is 13.4. The molecule has 1 amide bonds. The van der Waals surface area contributed by atoms with Crippen LogP contribution in [0, 0.1) is 15.9 Å². The standard InChI is InChI=1S/C10H9FN2O5/c1-5(10(15)16)12-9(14)8-6(11)3-2-4-7(8)13(17)18/h2-5H,1H3,(H,12,14)(H,15,16). The van der Waals surface area contributed by atoms with Crippen molar-refractivity contribution < 1.29 is 24.0 Å². The number of halogens is 1. The van der Waals surface area contributed by atoms with Crippen LogP contribution in [0.3, 0.4) is 0 Å². The highest BCUT2D eigenvalue weighted by atomic mass is 19.1. The number of hydrogen-bond acceptors (Lipinski definition) is 4. The summed E-state index contributed by atoms with van der Waals surface area (Å²) in [4.78, 5) is 31.8. The van der Waals surface area contributed by atoms with Crippen molar-refractivity contribution in [2.75, 3.05) is 0 Å². The number of rotatable bonds is 4. The lowest BCUT2D eigenvalue weighted by molar-refractivity contribution is -0.385. The molecule has 0 radical (unpaired) electrons. The van der Waals surface area contributed by atoms with E-state index in [1.54, 1.807) is 0 Å². The Morgan fingerprint density at radius 1 is 1.50 bits per heavy atom. The van der Waals surface area contributed by atoms with Gasteiger partial charge < -0.3 is 10.4 Å². The maximum atomic E-state index is 13.4. The van der Waals surface area contributed by atoms with Gasteiger partial charge in [0.1, 0.15) is 11.9 Å². The quantitative estimate of drug-likeness (QED) is 0.615. The molecule has 0 fully saturated rings. The number of nitro benzene ring substituents is 1. The van der Waals surface area contributed by atoms with Gasteiger partial charge in [-0.3, -0.25) is 19.7 Å². The molecule has 1 atom stereocenters. The first-order chi connectivity index (χ1) is 8.34. The third-order valence-corrected chi connectivity index (χ3v) is 2.13. The lowest BCUT2D eigenvalue weighted by Gasteiger charge is -2.09. The Hall–Kier alpha value is -2.51. The number of carboxylic acids is 1. The van der Waals surface area contributed by atoms with E-state index in [0.29, 0.717) is 0 Å². The minimum absolute atomic E-state index is 0.718. The summed E-state index contributed by atoms with van der Waals surface area (Å²) in [6.07, 6.45) is 0. The van der Waals surface area contributed by atoms with Crippen LogP contribution in [0.25, 0.3) is 0 Å². The van der Waals surface area contributed by atoms with E-state index in [1.807, 2.05) is 5.32 Å². The van der Waals surface area contributed by atoms with Crippen LogP contribution in [0.2, 0.25) is 0 Å².